The lowest BCUT2D eigenvalue weighted by molar-refractivity contribution is 0.147. The Labute approximate surface area is 102 Å². The van der Waals surface area contributed by atoms with Gasteiger partial charge in [0.1, 0.15) is 0 Å². The van der Waals surface area contributed by atoms with Gasteiger partial charge in [0.05, 0.1) is 0 Å². The molecule has 0 saturated heterocycles. The second kappa shape index (κ2) is 6.64. The summed E-state index contributed by atoms with van der Waals surface area (Å²) in [5, 5.41) is 3.74. The molecule has 1 rings (SSSR count). The smallest absolute Gasteiger partial charge is 0.0121 e. The van der Waals surface area contributed by atoms with Crippen LogP contribution in [0, 0.1) is 23.7 Å². The van der Waals surface area contributed by atoms with Crippen molar-refractivity contribution in [1.29, 1.82) is 0 Å². The molecule has 0 radical (unpaired) electrons. The molecule has 0 amide bonds. The lowest BCUT2D eigenvalue weighted by Gasteiger charge is -2.39. The highest BCUT2D eigenvalue weighted by Gasteiger charge is 2.31. The van der Waals surface area contributed by atoms with E-state index in [0.717, 1.165) is 36.3 Å². The molecular formula is C15H31N. The Kier molecular flexibility index (Phi) is 5.82. The van der Waals surface area contributed by atoms with Crippen molar-refractivity contribution in [1.82, 2.24) is 5.32 Å². The van der Waals surface area contributed by atoms with E-state index < -0.39 is 0 Å². The monoisotopic (exact) mass is 225 g/mol. The van der Waals surface area contributed by atoms with Gasteiger partial charge in [-0.3, -0.25) is 0 Å². The van der Waals surface area contributed by atoms with Crippen molar-refractivity contribution in [2.45, 2.75) is 66.3 Å². The summed E-state index contributed by atoms with van der Waals surface area (Å²) in [5.74, 6) is 3.59. The van der Waals surface area contributed by atoms with Gasteiger partial charge in [-0.05, 0) is 49.5 Å². The van der Waals surface area contributed by atoms with E-state index in [1.165, 1.54) is 25.7 Å². The Bertz CT molecular complexity index is 180. The van der Waals surface area contributed by atoms with Crippen molar-refractivity contribution in [3.8, 4) is 0 Å². The molecule has 1 heteroatoms. The maximum atomic E-state index is 3.74. The summed E-state index contributed by atoms with van der Waals surface area (Å²) in [7, 11) is 0. The van der Waals surface area contributed by atoms with Crippen LogP contribution in [0.15, 0.2) is 0 Å². The van der Waals surface area contributed by atoms with Gasteiger partial charge in [0.25, 0.3) is 0 Å². The first-order valence-corrected chi connectivity index (χ1v) is 7.31. The van der Waals surface area contributed by atoms with Gasteiger partial charge in [-0.15, -0.1) is 0 Å². The predicted molar refractivity (Wildman–Crippen MR) is 72.6 cm³/mol. The standard InChI is InChI=1S/C15H31N/c1-6-13(5)15(16-7-2)14-9-11(3)8-12(4)10-14/h11-16H,6-10H2,1-5H3. The van der Waals surface area contributed by atoms with Gasteiger partial charge in [0.15, 0.2) is 0 Å². The van der Waals surface area contributed by atoms with Crippen molar-refractivity contribution in [3.05, 3.63) is 0 Å². The summed E-state index contributed by atoms with van der Waals surface area (Å²) < 4.78 is 0. The zero-order valence-corrected chi connectivity index (χ0v) is 11.9. The predicted octanol–water partition coefficient (Wildman–Crippen LogP) is 4.08. The molecule has 4 atom stereocenters. The van der Waals surface area contributed by atoms with E-state index in [-0.39, 0.29) is 0 Å². The van der Waals surface area contributed by atoms with Crippen molar-refractivity contribution in [2.75, 3.05) is 6.54 Å². The van der Waals surface area contributed by atoms with E-state index in [2.05, 4.69) is 39.9 Å². The summed E-state index contributed by atoms with van der Waals surface area (Å²) in [5.41, 5.74) is 0. The Morgan fingerprint density at radius 1 is 1.06 bits per heavy atom. The van der Waals surface area contributed by atoms with E-state index in [0.29, 0.717) is 0 Å². The second-order valence-electron chi connectivity index (χ2n) is 6.15. The first kappa shape index (κ1) is 14.0. The van der Waals surface area contributed by atoms with Gasteiger partial charge in [-0.1, -0.05) is 41.0 Å². The maximum Gasteiger partial charge on any atom is 0.0121 e. The average Bonchev–Trinajstić information content (AvgIpc) is 2.23. The fourth-order valence-electron chi connectivity index (χ4n) is 3.62. The highest BCUT2D eigenvalue weighted by Crippen LogP contribution is 2.36. The number of nitrogens with one attached hydrogen (secondary N) is 1. The van der Waals surface area contributed by atoms with E-state index in [4.69, 9.17) is 0 Å². The van der Waals surface area contributed by atoms with Crippen molar-refractivity contribution in [3.63, 3.8) is 0 Å². The lowest BCUT2D eigenvalue weighted by atomic mass is 9.71. The summed E-state index contributed by atoms with van der Waals surface area (Å²) in [6, 6.07) is 0.750. The van der Waals surface area contributed by atoms with Crippen LogP contribution in [0.3, 0.4) is 0 Å². The third kappa shape index (κ3) is 3.76. The van der Waals surface area contributed by atoms with E-state index >= 15 is 0 Å². The molecule has 0 heterocycles. The van der Waals surface area contributed by atoms with E-state index in [1.54, 1.807) is 0 Å². The fraction of sp³-hybridized carbons (Fsp3) is 1.00. The minimum atomic E-state index is 0.750. The fourth-order valence-corrected chi connectivity index (χ4v) is 3.62. The molecule has 1 aliphatic carbocycles. The molecule has 0 aromatic carbocycles. The van der Waals surface area contributed by atoms with Crippen LogP contribution in [0.2, 0.25) is 0 Å². The number of hydrogen-bond donors (Lipinski definition) is 1. The summed E-state index contributed by atoms with van der Waals surface area (Å²) in [6.07, 6.45) is 5.62. The second-order valence-corrected chi connectivity index (χ2v) is 6.15. The van der Waals surface area contributed by atoms with Gasteiger partial charge in [-0.2, -0.15) is 0 Å². The van der Waals surface area contributed by atoms with Crippen LogP contribution in [0.1, 0.15) is 60.3 Å². The summed E-state index contributed by atoms with van der Waals surface area (Å²) in [4.78, 5) is 0. The molecule has 1 nitrogen and oxygen atoms in total. The van der Waals surface area contributed by atoms with Crippen LogP contribution in [0.25, 0.3) is 0 Å². The highest BCUT2D eigenvalue weighted by molar-refractivity contribution is 4.86. The van der Waals surface area contributed by atoms with Crippen LogP contribution >= 0.6 is 0 Å². The molecule has 0 aromatic heterocycles. The van der Waals surface area contributed by atoms with Crippen LogP contribution in [0.4, 0.5) is 0 Å². The Balaban J connectivity index is 2.61. The molecule has 1 aliphatic rings. The molecule has 1 saturated carbocycles. The molecule has 0 spiro atoms. The molecule has 1 fully saturated rings. The van der Waals surface area contributed by atoms with Crippen molar-refractivity contribution >= 4 is 0 Å². The maximum absolute atomic E-state index is 3.74. The molecular weight excluding hydrogens is 194 g/mol. The summed E-state index contributed by atoms with van der Waals surface area (Å²) >= 11 is 0. The highest BCUT2D eigenvalue weighted by atomic mass is 14.9. The normalized spacial score (nSPS) is 34.7. The van der Waals surface area contributed by atoms with Crippen LogP contribution in [0.5, 0.6) is 0 Å². The topological polar surface area (TPSA) is 12.0 Å². The lowest BCUT2D eigenvalue weighted by Crippen LogP contribution is -2.43. The molecule has 0 aromatic rings. The van der Waals surface area contributed by atoms with Crippen LogP contribution in [-0.2, 0) is 0 Å². The zero-order chi connectivity index (χ0) is 12.1. The number of hydrogen-bond acceptors (Lipinski definition) is 1. The summed E-state index contributed by atoms with van der Waals surface area (Å²) in [6.45, 7) is 13.0. The Morgan fingerprint density at radius 3 is 2.06 bits per heavy atom. The van der Waals surface area contributed by atoms with Gasteiger partial charge in [0, 0.05) is 6.04 Å². The minimum Gasteiger partial charge on any atom is -0.314 e. The largest absolute Gasteiger partial charge is 0.314 e. The molecule has 1 N–H and O–H groups in total. The van der Waals surface area contributed by atoms with Gasteiger partial charge in [-0.25, -0.2) is 0 Å². The van der Waals surface area contributed by atoms with Crippen molar-refractivity contribution in [2.24, 2.45) is 23.7 Å². The quantitative estimate of drug-likeness (QED) is 0.743. The Hall–Kier alpha value is -0.0400. The molecule has 0 bridgehead atoms. The van der Waals surface area contributed by atoms with E-state index in [1.807, 2.05) is 0 Å². The third-order valence-corrected chi connectivity index (χ3v) is 4.42. The molecule has 4 unspecified atom stereocenters. The average molecular weight is 225 g/mol. The SMILES string of the molecule is CCNC(C(C)CC)C1CC(C)CC(C)C1. The minimum absolute atomic E-state index is 0.750. The zero-order valence-electron chi connectivity index (χ0n) is 11.9. The van der Waals surface area contributed by atoms with Gasteiger partial charge in [0.2, 0.25) is 0 Å². The van der Waals surface area contributed by atoms with Gasteiger partial charge >= 0.3 is 0 Å². The van der Waals surface area contributed by atoms with E-state index in [9.17, 15) is 0 Å². The first-order valence-electron chi connectivity index (χ1n) is 7.31. The molecule has 96 valence electrons. The van der Waals surface area contributed by atoms with Gasteiger partial charge < -0.3 is 5.32 Å². The third-order valence-electron chi connectivity index (χ3n) is 4.42. The number of rotatable bonds is 5. The molecule has 0 aliphatic heterocycles. The van der Waals surface area contributed by atoms with Crippen LogP contribution < -0.4 is 5.32 Å². The van der Waals surface area contributed by atoms with Crippen molar-refractivity contribution < 1.29 is 0 Å². The molecule has 16 heavy (non-hydrogen) atoms. The Morgan fingerprint density at radius 2 is 1.62 bits per heavy atom. The first-order chi connectivity index (χ1) is 7.58. The van der Waals surface area contributed by atoms with Crippen LogP contribution in [-0.4, -0.2) is 12.6 Å².